The lowest BCUT2D eigenvalue weighted by Gasteiger charge is -2.06. The molecule has 4 nitrogen and oxygen atoms in total. The third-order valence-electron chi connectivity index (χ3n) is 6.37. The zero-order chi connectivity index (χ0) is 34.3. The van der Waals surface area contributed by atoms with Gasteiger partial charge in [0.1, 0.15) is 10.0 Å². The Balaban J connectivity index is 0.000000426. The molecule has 0 N–H and O–H groups in total. The molecule has 0 atom stereocenters. The monoisotopic (exact) mass is 714 g/mol. The zero-order valence-corrected chi connectivity index (χ0v) is 27.9. The summed E-state index contributed by atoms with van der Waals surface area (Å²) in [6.07, 6.45) is -2.60. The van der Waals surface area contributed by atoms with Crippen molar-refractivity contribution in [2.45, 2.75) is 91.4 Å². The minimum atomic E-state index is -4.33. The fourth-order valence-electron chi connectivity index (χ4n) is 4.01. The van der Waals surface area contributed by atoms with Gasteiger partial charge < -0.3 is 0 Å². The highest BCUT2D eigenvalue weighted by Crippen LogP contribution is 2.35. The van der Waals surface area contributed by atoms with E-state index in [0.717, 1.165) is 88.9 Å². The third kappa shape index (κ3) is 12.9. The molecule has 4 rings (SSSR count). The maximum atomic E-state index is 12.6. The van der Waals surface area contributed by atoms with Gasteiger partial charge in [-0.3, -0.25) is 0 Å². The first-order chi connectivity index (χ1) is 21.8. The minimum Gasteiger partial charge on any atom is -0.241 e. The molecule has 0 spiro atoms. The van der Waals surface area contributed by atoms with E-state index in [2.05, 4.69) is 29.9 Å². The van der Waals surface area contributed by atoms with Crippen LogP contribution in [0.5, 0.6) is 0 Å². The molecule has 13 heteroatoms. The van der Waals surface area contributed by atoms with E-state index in [4.69, 9.17) is 22.1 Å². The Morgan fingerprint density at radius 3 is 1.38 bits per heavy atom. The van der Waals surface area contributed by atoms with E-state index >= 15 is 0 Å². The van der Waals surface area contributed by atoms with Gasteiger partial charge in [-0.2, -0.15) is 36.9 Å². The molecule has 2 aromatic carbocycles. The second kappa shape index (κ2) is 20.0. The van der Waals surface area contributed by atoms with Gasteiger partial charge in [-0.25, -0.2) is 9.97 Å². The van der Waals surface area contributed by atoms with Crippen molar-refractivity contribution in [1.29, 1.82) is 10.5 Å². The number of rotatable bonds is 10. The Bertz CT molecular complexity index is 1580. The highest BCUT2D eigenvalue weighted by atomic mass is 35.5. The van der Waals surface area contributed by atoms with Crippen molar-refractivity contribution in [3.63, 3.8) is 0 Å². The average molecular weight is 715 g/mol. The average Bonchev–Trinajstić information content (AvgIpc) is 3.63. The molecule has 0 unspecified atom stereocenters. The predicted octanol–water partition coefficient (Wildman–Crippen LogP) is 12.3. The smallest absolute Gasteiger partial charge is 0.241 e. The number of aromatic nitrogens is 2. The Labute approximate surface area is 285 Å². The molecule has 0 aliphatic carbocycles. The molecule has 4 aromatic rings. The van der Waals surface area contributed by atoms with Gasteiger partial charge in [0.15, 0.2) is 0 Å². The topological polar surface area (TPSA) is 73.4 Å². The molecule has 47 heavy (non-hydrogen) atoms. The van der Waals surface area contributed by atoms with Crippen LogP contribution in [0, 0.1) is 22.7 Å². The highest BCUT2D eigenvalue weighted by molar-refractivity contribution is 7.15. The Morgan fingerprint density at radius 1 is 0.702 bits per heavy atom. The molecule has 2 heterocycles. The number of benzene rings is 2. The van der Waals surface area contributed by atoms with Gasteiger partial charge in [-0.15, -0.1) is 34.3 Å². The second-order valence-electron chi connectivity index (χ2n) is 9.83. The number of hydrogen-bond acceptors (Lipinski definition) is 6. The first-order valence-electron chi connectivity index (χ1n) is 14.4. The summed E-state index contributed by atoms with van der Waals surface area (Å²) < 4.78 is 75.4. The molecular weight excluding hydrogens is 678 g/mol. The van der Waals surface area contributed by atoms with Crippen molar-refractivity contribution in [2.24, 2.45) is 0 Å². The van der Waals surface area contributed by atoms with Crippen LogP contribution in [0.1, 0.15) is 86.2 Å². The summed E-state index contributed by atoms with van der Waals surface area (Å²) in [6, 6.07) is 13.9. The molecule has 254 valence electrons. The van der Waals surface area contributed by atoms with E-state index in [0.29, 0.717) is 22.0 Å². The summed E-state index contributed by atoms with van der Waals surface area (Å²) in [5.74, 6) is 0.386. The summed E-state index contributed by atoms with van der Waals surface area (Å²) in [5.41, 5.74) is 1.89. The predicted molar refractivity (Wildman–Crippen MR) is 179 cm³/mol. The molecule has 0 radical (unpaired) electrons. The summed E-state index contributed by atoms with van der Waals surface area (Å²) in [6.45, 7) is 5.61. The fraction of sp³-hybridized carbons (Fsp3) is 0.412. The van der Waals surface area contributed by atoms with Crippen LogP contribution in [0.4, 0.5) is 26.3 Å². The van der Waals surface area contributed by atoms with E-state index in [1.54, 1.807) is 6.07 Å². The van der Waals surface area contributed by atoms with Gasteiger partial charge in [0.2, 0.25) is 0 Å². The number of thiazole rings is 2. The van der Waals surface area contributed by atoms with Crippen LogP contribution in [-0.2, 0) is 37.5 Å². The number of unbranched alkanes of at least 4 members (excludes halogenated alkanes) is 2. The van der Waals surface area contributed by atoms with Crippen LogP contribution >= 0.6 is 34.3 Å². The van der Waals surface area contributed by atoms with E-state index < -0.39 is 23.5 Å². The number of hydrogen-bond donors (Lipinski definition) is 0. The highest BCUT2D eigenvalue weighted by Gasteiger charge is 2.31. The maximum absolute atomic E-state index is 12.6. The summed E-state index contributed by atoms with van der Waals surface area (Å²) >= 11 is 8.76. The first-order valence-corrected chi connectivity index (χ1v) is 16.6. The van der Waals surface area contributed by atoms with Gasteiger partial charge in [0.05, 0.1) is 47.0 Å². The standard InChI is InChI=1S/C16H15F3N2S.C15H15ClF3NS.C2H3N.CH4/c1-2-3-4-13-14(9-10-20)22-15(21-13)11-5-7-12(8-6-11)16(17,18)19;1-2-3-4-12-13(9-16)21-14(20-12)10-5-7-11(8-6-10)15(17,18)19;1-2-3;/h5-8H,2-4,9H2,1H3;5-8H,2-4,9H2,1H3;1H3;1H4. The normalized spacial score (nSPS) is 10.8. The molecule has 0 saturated heterocycles. The van der Waals surface area contributed by atoms with Crippen molar-refractivity contribution in [1.82, 2.24) is 9.97 Å². The van der Waals surface area contributed by atoms with Crippen molar-refractivity contribution in [3.8, 4) is 33.3 Å². The summed E-state index contributed by atoms with van der Waals surface area (Å²) in [5, 5.41) is 17.6. The minimum absolute atomic E-state index is 0. The number of alkyl halides is 7. The molecule has 0 bridgehead atoms. The molecule has 0 fully saturated rings. The van der Waals surface area contributed by atoms with Crippen molar-refractivity contribution < 1.29 is 26.3 Å². The van der Waals surface area contributed by atoms with Gasteiger partial charge >= 0.3 is 12.4 Å². The lowest BCUT2D eigenvalue weighted by atomic mass is 10.1. The van der Waals surface area contributed by atoms with E-state index in [9.17, 15) is 26.3 Å². The van der Waals surface area contributed by atoms with Gasteiger partial charge in [0, 0.05) is 27.8 Å². The lowest BCUT2D eigenvalue weighted by Crippen LogP contribution is -2.03. The number of nitriles is 2. The van der Waals surface area contributed by atoms with E-state index in [-0.39, 0.29) is 13.8 Å². The largest absolute Gasteiger partial charge is 0.416 e. The third-order valence-corrected chi connectivity index (χ3v) is 9.09. The second-order valence-corrected chi connectivity index (χ2v) is 12.3. The molecule has 0 aliphatic rings. The Hall–Kier alpha value is -3.45. The maximum Gasteiger partial charge on any atom is 0.416 e. The molecular formula is C34H37ClF6N4S2. The molecule has 2 aromatic heterocycles. The van der Waals surface area contributed by atoms with Gasteiger partial charge in [0.25, 0.3) is 0 Å². The Morgan fingerprint density at radius 2 is 1.06 bits per heavy atom. The summed E-state index contributed by atoms with van der Waals surface area (Å²) in [7, 11) is 0. The van der Waals surface area contributed by atoms with Gasteiger partial charge in [-0.05, 0) is 49.9 Å². The molecule has 0 amide bonds. The SMILES string of the molecule is C.CC#N.CCCCc1nc(-c2ccc(C(F)(F)F)cc2)sc1CC#N.CCCCc1nc(-c2ccc(C(F)(F)F)cc2)sc1CCl. The first kappa shape index (κ1) is 41.6. The van der Waals surface area contributed by atoms with Crippen LogP contribution in [0.25, 0.3) is 21.1 Å². The van der Waals surface area contributed by atoms with Crippen molar-refractivity contribution in [2.75, 3.05) is 0 Å². The van der Waals surface area contributed by atoms with Gasteiger partial charge in [-0.1, -0.05) is 58.4 Å². The summed E-state index contributed by atoms with van der Waals surface area (Å²) in [4.78, 5) is 11.0. The van der Waals surface area contributed by atoms with Crippen LogP contribution in [-0.4, -0.2) is 9.97 Å². The fourth-order valence-corrected chi connectivity index (χ4v) is 6.34. The number of aryl methyl sites for hydroxylation is 2. The lowest BCUT2D eigenvalue weighted by molar-refractivity contribution is -0.138. The number of nitrogens with zero attached hydrogens (tertiary/aromatic N) is 4. The zero-order valence-electron chi connectivity index (χ0n) is 25.5. The van der Waals surface area contributed by atoms with E-state index in [1.165, 1.54) is 53.9 Å². The van der Waals surface area contributed by atoms with Crippen LogP contribution in [0.3, 0.4) is 0 Å². The van der Waals surface area contributed by atoms with Crippen LogP contribution < -0.4 is 0 Å². The van der Waals surface area contributed by atoms with Crippen LogP contribution in [0.15, 0.2) is 48.5 Å². The van der Waals surface area contributed by atoms with Crippen molar-refractivity contribution >= 4 is 34.3 Å². The quantitative estimate of drug-likeness (QED) is 0.121. The van der Waals surface area contributed by atoms with E-state index in [1.807, 2.05) is 0 Å². The molecule has 0 aliphatic heterocycles. The van der Waals surface area contributed by atoms with Crippen molar-refractivity contribution in [3.05, 3.63) is 80.8 Å². The number of halogens is 7. The van der Waals surface area contributed by atoms with Crippen LogP contribution in [0.2, 0.25) is 0 Å². The Kier molecular flexibility index (Phi) is 17.7. The molecule has 0 saturated carbocycles.